The SMILES string of the molecule is CC(CCC(=O)N1CCC(O)(C2CC2)CC1)[C@H]1CC[C@H]2[C@@H]3CC=C4C[C@@H](O)CC[C@]4(C)[C@H]3CC[C@]12C. The number of amides is 1. The molecule has 1 saturated heterocycles. The van der Waals surface area contributed by atoms with Crippen molar-refractivity contribution in [1.82, 2.24) is 4.90 Å². The lowest BCUT2D eigenvalue weighted by Gasteiger charge is -2.58. The van der Waals surface area contributed by atoms with E-state index in [0.717, 1.165) is 68.9 Å². The average Bonchev–Trinajstić information content (AvgIpc) is 3.66. The zero-order valence-electron chi connectivity index (χ0n) is 23.2. The van der Waals surface area contributed by atoms with Crippen LogP contribution in [0.15, 0.2) is 11.6 Å². The molecule has 6 rings (SSSR count). The summed E-state index contributed by atoms with van der Waals surface area (Å²) in [4.78, 5) is 15.1. The van der Waals surface area contributed by atoms with Crippen LogP contribution in [0.2, 0.25) is 0 Å². The maximum atomic E-state index is 13.1. The molecular weight excluding hydrogens is 446 g/mol. The maximum Gasteiger partial charge on any atom is 0.222 e. The molecule has 5 fully saturated rings. The first-order chi connectivity index (χ1) is 17.1. The van der Waals surface area contributed by atoms with Crippen molar-refractivity contribution in [3.8, 4) is 0 Å². The Labute approximate surface area is 219 Å². The first kappa shape index (κ1) is 25.4. The predicted octanol–water partition coefficient (Wildman–Crippen LogP) is 6.11. The van der Waals surface area contributed by atoms with Crippen molar-refractivity contribution in [1.29, 1.82) is 0 Å². The van der Waals surface area contributed by atoms with Gasteiger partial charge in [-0.25, -0.2) is 0 Å². The van der Waals surface area contributed by atoms with Gasteiger partial charge in [0.2, 0.25) is 5.91 Å². The van der Waals surface area contributed by atoms with Crippen LogP contribution in [0, 0.1) is 46.3 Å². The lowest BCUT2D eigenvalue weighted by atomic mass is 9.47. The first-order valence-corrected chi connectivity index (χ1v) is 15.5. The van der Waals surface area contributed by atoms with Crippen LogP contribution >= 0.6 is 0 Å². The smallest absolute Gasteiger partial charge is 0.222 e. The number of allylic oxidation sites excluding steroid dienone is 1. The number of carbonyl (C=O) groups is 1. The standard InChI is InChI=1S/C32H51NO3/c1-21(4-11-29(35)33-18-16-32(36,17-19-33)22-5-6-22)26-9-10-27-25-8-7-23-20-24(34)12-14-30(23,2)28(25)13-15-31(26,27)3/h7,21-22,24-28,34,36H,4-6,8-20H2,1-3H3/t21?,24-,25-,26+,27-,28-,30-,31+/m0/s1. The lowest BCUT2D eigenvalue weighted by molar-refractivity contribution is -0.136. The molecule has 1 aliphatic heterocycles. The molecule has 0 spiro atoms. The Balaban J connectivity index is 1.06. The zero-order chi connectivity index (χ0) is 25.3. The molecule has 0 radical (unpaired) electrons. The lowest BCUT2D eigenvalue weighted by Crippen LogP contribution is -2.50. The van der Waals surface area contributed by atoms with Crippen LogP contribution < -0.4 is 0 Å². The van der Waals surface area contributed by atoms with Crippen LogP contribution in [-0.2, 0) is 4.79 Å². The van der Waals surface area contributed by atoms with Gasteiger partial charge >= 0.3 is 0 Å². The van der Waals surface area contributed by atoms with E-state index < -0.39 is 5.60 Å². The summed E-state index contributed by atoms with van der Waals surface area (Å²) in [5.41, 5.74) is 1.83. The second-order valence-corrected chi connectivity index (χ2v) is 14.7. The van der Waals surface area contributed by atoms with Crippen LogP contribution in [-0.4, -0.2) is 45.8 Å². The van der Waals surface area contributed by atoms with Crippen molar-refractivity contribution in [3.05, 3.63) is 11.6 Å². The number of fused-ring (bicyclic) bond motifs is 5. The summed E-state index contributed by atoms with van der Waals surface area (Å²) in [6, 6.07) is 0. The molecule has 1 heterocycles. The van der Waals surface area contributed by atoms with Gasteiger partial charge in [0, 0.05) is 19.5 Å². The van der Waals surface area contributed by atoms with Gasteiger partial charge in [0.1, 0.15) is 0 Å². The number of likely N-dealkylation sites (tertiary alicyclic amines) is 1. The van der Waals surface area contributed by atoms with Gasteiger partial charge in [0.05, 0.1) is 11.7 Å². The molecule has 0 aromatic carbocycles. The van der Waals surface area contributed by atoms with E-state index in [-0.39, 0.29) is 6.10 Å². The molecule has 4 saturated carbocycles. The van der Waals surface area contributed by atoms with Crippen LogP contribution in [0.1, 0.15) is 111 Å². The third-order valence-corrected chi connectivity index (χ3v) is 13.0. The van der Waals surface area contributed by atoms with E-state index >= 15 is 0 Å². The number of rotatable bonds is 5. The van der Waals surface area contributed by atoms with E-state index in [9.17, 15) is 15.0 Å². The van der Waals surface area contributed by atoms with Gasteiger partial charge in [-0.3, -0.25) is 4.79 Å². The third kappa shape index (κ3) is 4.12. The number of hydrogen-bond donors (Lipinski definition) is 2. The normalized spacial score (nSPS) is 44.8. The molecule has 0 aromatic heterocycles. The minimum atomic E-state index is -0.486. The van der Waals surface area contributed by atoms with Crippen molar-refractivity contribution < 1.29 is 15.0 Å². The molecule has 2 N–H and O–H groups in total. The highest BCUT2D eigenvalue weighted by Gasteiger charge is 2.59. The Bertz CT molecular complexity index is 886. The molecule has 5 aliphatic carbocycles. The summed E-state index contributed by atoms with van der Waals surface area (Å²) in [7, 11) is 0. The summed E-state index contributed by atoms with van der Waals surface area (Å²) >= 11 is 0. The molecule has 4 nitrogen and oxygen atoms in total. The molecule has 1 amide bonds. The van der Waals surface area contributed by atoms with E-state index in [0.29, 0.717) is 35.0 Å². The van der Waals surface area contributed by atoms with Gasteiger partial charge in [-0.15, -0.1) is 0 Å². The fourth-order valence-corrected chi connectivity index (χ4v) is 10.5. The molecule has 0 bridgehead atoms. The number of aliphatic hydroxyl groups is 2. The fraction of sp³-hybridized carbons (Fsp3) is 0.906. The minimum absolute atomic E-state index is 0.122. The van der Waals surface area contributed by atoms with E-state index in [1.807, 2.05) is 4.90 Å². The van der Waals surface area contributed by atoms with Gasteiger partial charge in [0.15, 0.2) is 0 Å². The van der Waals surface area contributed by atoms with Crippen LogP contribution in [0.25, 0.3) is 0 Å². The molecule has 202 valence electrons. The zero-order valence-corrected chi connectivity index (χ0v) is 23.2. The Morgan fingerprint density at radius 2 is 1.78 bits per heavy atom. The van der Waals surface area contributed by atoms with E-state index in [2.05, 4.69) is 26.8 Å². The van der Waals surface area contributed by atoms with Gasteiger partial charge < -0.3 is 15.1 Å². The summed E-state index contributed by atoms with van der Waals surface area (Å²) in [6.45, 7) is 9.06. The highest BCUT2D eigenvalue weighted by Crippen LogP contribution is 2.67. The molecule has 1 unspecified atom stereocenters. The van der Waals surface area contributed by atoms with E-state index in [1.165, 1.54) is 51.4 Å². The Kier molecular flexibility index (Phi) is 6.43. The highest BCUT2D eigenvalue weighted by atomic mass is 16.3. The number of hydrogen-bond acceptors (Lipinski definition) is 3. The van der Waals surface area contributed by atoms with Crippen LogP contribution in [0.3, 0.4) is 0 Å². The maximum absolute atomic E-state index is 13.1. The summed E-state index contributed by atoms with van der Waals surface area (Å²) in [5.74, 6) is 4.59. The van der Waals surface area contributed by atoms with Crippen molar-refractivity contribution in [2.45, 2.75) is 122 Å². The van der Waals surface area contributed by atoms with Gasteiger partial charge in [-0.05, 0) is 130 Å². The fourth-order valence-electron chi connectivity index (χ4n) is 10.5. The summed E-state index contributed by atoms with van der Waals surface area (Å²) < 4.78 is 0. The van der Waals surface area contributed by atoms with Crippen LogP contribution in [0.4, 0.5) is 0 Å². The minimum Gasteiger partial charge on any atom is -0.393 e. The second-order valence-electron chi connectivity index (χ2n) is 14.7. The third-order valence-electron chi connectivity index (χ3n) is 13.0. The van der Waals surface area contributed by atoms with E-state index in [1.54, 1.807) is 5.57 Å². The quantitative estimate of drug-likeness (QED) is 0.451. The number of carbonyl (C=O) groups excluding carboxylic acids is 1. The largest absolute Gasteiger partial charge is 0.393 e. The van der Waals surface area contributed by atoms with Gasteiger partial charge in [0.25, 0.3) is 0 Å². The Morgan fingerprint density at radius 1 is 1.03 bits per heavy atom. The first-order valence-electron chi connectivity index (χ1n) is 15.5. The summed E-state index contributed by atoms with van der Waals surface area (Å²) in [5, 5.41) is 21.1. The number of aliphatic hydroxyl groups excluding tert-OH is 1. The van der Waals surface area contributed by atoms with E-state index in [4.69, 9.17) is 0 Å². The highest BCUT2D eigenvalue weighted by molar-refractivity contribution is 5.76. The molecule has 36 heavy (non-hydrogen) atoms. The van der Waals surface area contributed by atoms with Crippen molar-refractivity contribution in [3.63, 3.8) is 0 Å². The Morgan fingerprint density at radius 3 is 2.50 bits per heavy atom. The van der Waals surface area contributed by atoms with Crippen molar-refractivity contribution in [2.24, 2.45) is 46.3 Å². The summed E-state index contributed by atoms with van der Waals surface area (Å²) in [6.07, 6.45) is 17.7. The monoisotopic (exact) mass is 497 g/mol. The van der Waals surface area contributed by atoms with Crippen molar-refractivity contribution >= 4 is 5.91 Å². The Hall–Kier alpha value is -0.870. The average molecular weight is 498 g/mol. The molecule has 0 aromatic rings. The topological polar surface area (TPSA) is 60.8 Å². The van der Waals surface area contributed by atoms with Gasteiger partial charge in [-0.1, -0.05) is 32.4 Å². The molecule has 8 atom stereocenters. The molecule has 6 aliphatic rings. The number of nitrogens with zero attached hydrogens (tertiary/aromatic N) is 1. The second kappa shape index (κ2) is 9.11. The predicted molar refractivity (Wildman–Crippen MR) is 143 cm³/mol. The van der Waals surface area contributed by atoms with Crippen LogP contribution in [0.5, 0.6) is 0 Å². The molecular formula is C32H51NO3. The number of piperidine rings is 1. The molecule has 4 heteroatoms. The van der Waals surface area contributed by atoms with Crippen molar-refractivity contribution in [2.75, 3.05) is 13.1 Å². The van der Waals surface area contributed by atoms with Gasteiger partial charge in [-0.2, -0.15) is 0 Å².